The summed E-state index contributed by atoms with van der Waals surface area (Å²) in [5.74, 6) is 0.466. The van der Waals surface area contributed by atoms with Crippen molar-refractivity contribution in [1.82, 2.24) is 14.8 Å². The summed E-state index contributed by atoms with van der Waals surface area (Å²) in [6.07, 6.45) is 2.06. The highest BCUT2D eigenvalue weighted by atomic mass is 32.2. The zero-order valence-electron chi connectivity index (χ0n) is 19.6. The number of hydrogen-bond acceptors (Lipinski definition) is 8. The molecule has 0 radical (unpaired) electrons. The number of phenolic OH excluding ortho intramolecular Hbond substituents is 1. The van der Waals surface area contributed by atoms with Gasteiger partial charge in [-0.25, -0.2) is 4.68 Å². The smallest absolute Gasteiger partial charge is 0.311 e. The Kier molecular flexibility index (Phi) is 7.06. The number of aromatic hydroxyl groups is 1. The minimum Gasteiger partial charge on any atom is -0.502 e. The Balaban J connectivity index is 1.79. The van der Waals surface area contributed by atoms with Crippen molar-refractivity contribution in [2.75, 3.05) is 16.4 Å². The zero-order chi connectivity index (χ0) is 25.1. The third-order valence-corrected chi connectivity index (χ3v) is 6.52. The highest BCUT2D eigenvalue weighted by Crippen LogP contribution is 2.39. The van der Waals surface area contributed by atoms with Crippen LogP contribution in [0.25, 0.3) is 0 Å². The molecular formula is C24H26N6O4S. The number of thioether (sulfide) groups is 1. The van der Waals surface area contributed by atoms with E-state index < -0.39 is 22.4 Å². The van der Waals surface area contributed by atoms with E-state index in [1.165, 1.54) is 23.9 Å². The molecule has 1 unspecified atom stereocenters. The maximum Gasteiger partial charge on any atom is 0.311 e. The molecule has 1 atom stereocenters. The van der Waals surface area contributed by atoms with E-state index in [1.54, 1.807) is 23.7 Å². The molecule has 1 aromatic heterocycles. The van der Waals surface area contributed by atoms with Crippen LogP contribution in [0, 0.1) is 17.0 Å². The minimum atomic E-state index is -0.789. The van der Waals surface area contributed by atoms with Gasteiger partial charge in [-0.2, -0.15) is 4.98 Å². The molecule has 3 N–H and O–H groups in total. The van der Waals surface area contributed by atoms with Crippen molar-refractivity contribution in [3.05, 3.63) is 75.0 Å². The van der Waals surface area contributed by atoms with Crippen molar-refractivity contribution in [3.63, 3.8) is 0 Å². The van der Waals surface area contributed by atoms with Crippen LogP contribution in [-0.2, 0) is 4.79 Å². The normalized spacial score (nSPS) is 14.9. The summed E-state index contributed by atoms with van der Waals surface area (Å²) < 4.78 is 1.57. The van der Waals surface area contributed by atoms with Crippen molar-refractivity contribution < 1.29 is 14.8 Å². The number of benzene rings is 2. The van der Waals surface area contributed by atoms with Gasteiger partial charge in [0.05, 0.1) is 10.5 Å². The molecule has 1 aliphatic rings. The number of aryl methyl sites for hydroxylation is 1. The second-order valence-corrected chi connectivity index (χ2v) is 9.32. The first-order valence-electron chi connectivity index (χ1n) is 11.2. The van der Waals surface area contributed by atoms with E-state index in [2.05, 4.69) is 27.6 Å². The molecule has 1 amide bonds. The first-order valence-corrected chi connectivity index (χ1v) is 12.2. The molecule has 0 saturated carbocycles. The molecule has 2 heterocycles. The Hall–Kier alpha value is -3.86. The number of nitro benzene ring substituents is 1. The molecule has 182 valence electrons. The van der Waals surface area contributed by atoms with Crippen molar-refractivity contribution in [2.24, 2.45) is 0 Å². The summed E-state index contributed by atoms with van der Waals surface area (Å²) in [7, 11) is 0. The molecule has 35 heavy (non-hydrogen) atoms. The van der Waals surface area contributed by atoms with Crippen molar-refractivity contribution in [1.29, 1.82) is 0 Å². The molecular weight excluding hydrogens is 468 g/mol. The molecule has 2 aromatic carbocycles. The van der Waals surface area contributed by atoms with Crippen LogP contribution in [0.5, 0.6) is 5.75 Å². The lowest BCUT2D eigenvalue weighted by molar-refractivity contribution is -0.385. The van der Waals surface area contributed by atoms with Gasteiger partial charge in [0.1, 0.15) is 6.04 Å². The summed E-state index contributed by atoms with van der Waals surface area (Å²) in [5.41, 5.74) is 2.51. The van der Waals surface area contributed by atoms with E-state index in [0.29, 0.717) is 33.6 Å². The first-order chi connectivity index (χ1) is 16.8. The van der Waals surface area contributed by atoms with Crippen LogP contribution < -0.4 is 10.6 Å². The van der Waals surface area contributed by atoms with E-state index in [1.807, 2.05) is 25.1 Å². The van der Waals surface area contributed by atoms with E-state index in [-0.39, 0.29) is 5.91 Å². The zero-order valence-corrected chi connectivity index (χ0v) is 20.4. The van der Waals surface area contributed by atoms with Crippen molar-refractivity contribution in [2.45, 2.75) is 44.8 Å². The number of hydrogen-bond donors (Lipinski definition) is 3. The number of amides is 1. The summed E-state index contributed by atoms with van der Waals surface area (Å²) in [6, 6.07) is 10.7. The summed E-state index contributed by atoms with van der Waals surface area (Å²) in [5, 5.41) is 32.8. The molecule has 1 aliphatic heterocycles. The van der Waals surface area contributed by atoms with Gasteiger partial charge < -0.3 is 15.7 Å². The summed E-state index contributed by atoms with van der Waals surface area (Å²) >= 11 is 1.51. The van der Waals surface area contributed by atoms with Gasteiger partial charge in [0.25, 0.3) is 5.91 Å². The molecule has 11 heteroatoms. The van der Waals surface area contributed by atoms with Crippen LogP contribution >= 0.6 is 11.8 Å². The van der Waals surface area contributed by atoms with Gasteiger partial charge in [-0.1, -0.05) is 43.3 Å². The maximum absolute atomic E-state index is 13.5. The Bertz CT molecular complexity index is 1320. The number of carbonyl (C=O) groups excluding carboxylic acids is 1. The fourth-order valence-electron chi connectivity index (χ4n) is 3.88. The lowest BCUT2D eigenvalue weighted by atomic mass is 9.94. The maximum atomic E-state index is 13.5. The molecule has 4 rings (SSSR count). The number of nitrogens with zero attached hydrogens (tertiary/aromatic N) is 4. The Morgan fingerprint density at radius 1 is 1.29 bits per heavy atom. The Morgan fingerprint density at radius 2 is 2.09 bits per heavy atom. The number of anilines is 2. The van der Waals surface area contributed by atoms with Gasteiger partial charge in [0.15, 0.2) is 5.75 Å². The number of rotatable bonds is 8. The van der Waals surface area contributed by atoms with Gasteiger partial charge in [0, 0.05) is 23.2 Å². The third-order valence-electron chi connectivity index (χ3n) is 5.59. The lowest BCUT2D eigenvalue weighted by Crippen LogP contribution is -2.31. The van der Waals surface area contributed by atoms with E-state index in [0.717, 1.165) is 24.2 Å². The standard InChI is InChI=1S/C24H26N6O4S/c1-4-5-11-35-24-27-23-25-15(3)20(22(32)26-17-8-6-7-14(2)12-17)21(29(23)28-24)16-9-10-19(31)18(13-16)30(33)34/h6-10,12-13,21,31H,4-5,11H2,1-3H3,(H,26,32)(H,25,27,28). The quantitative estimate of drug-likeness (QED) is 0.172. The molecule has 0 bridgehead atoms. The van der Waals surface area contributed by atoms with E-state index in [9.17, 15) is 20.0 Å². The van der Waals surface area contributed by atoms with Crippen LogP contribution in [0.15, 0.2) is 58.9 Å². The monoisotopic (exact) mass is 494 g/mol. The molecule has 10 nitrogen and oxygen atoms in total. The molecule has 0 saturated heterocycles. The van der Waals surface area contributed by atoms with E-state index >= 15 is 0 Å². The van der Waals surface area contributed by atoms with Crippen LogP contribution in [0.1, 0.15) is 43.9 Å². The van der Waals surface area contributed by atoms with E-state index in [4.69, 9.17) is 0 Å². The Labute approximate surface area is 206 Å². The van der Waals surface area contributed by atoms with Gasteiger partial charge in [0.2, 0.25) is 11.1 Å². The molecule has 0 aliphatic carbocycles. The van der Waals surface area contributed by atoms with Gasteiger partial charge in [-0.05, 0) is 49.6 Å². The predicted octanol–water partition coefficient (Wildman–Crippen LogP) is 5.02. The number of allylic oxidation sites excluding steroid dienone is 1. The highest BCUT2D eigenvalue weighted by molar-refractivity contribution is 7.99. The number of nitro groups is 1. The number of carbonyl (C=O) groups is 1. The second-order valence-electron chi connectivity index (χ2n) is 8.26. The average Bonchev–Trinajstić information content (AvgIpc) is 3.20. The fourth-order valence-corrected chi connectivity index (χ4v) is 4.79. The molecule has 0 fully saturated rings. The van der Waals surface area contributed by atoms with Crippen molar-refractivity contribution in [3.8, 4) is 5.75 Å². The van der Waals surface area contributed by atoms with Crippen LogP contribution in [0.3, 0.4) is 0 Å². The minimum absolute atomic E-state index is 0.342. The largest absolute Gasteiger partial charge is 0.502 e. The highest BCUT2D eigenvalue weighted by Gasteiger charge is 2.35. The predicted molar refractivity (Wildman–Crippen MR) is 135 cm³/mol. The lowest BCUT2D eigenvalue weighted by Gasteiger charge is -2.28. The topological polar surface area (TPSA) is 135 Å². The third kappa shape index (κ3) is 5.14. The fraction of sp³-hybridized carbons (Fsp3) is 0.292. The van der Waals surface area contributed by atoms with Gasteiger partial charge in [-0.3, -0.25) is 14.9 Å². The summed E-state index contributed by atoms with van der Waals surface area (Å²) in [4.78, 5) is 28.9. The summed E-state index contributed by atoms with van der Waals surface area (Å²) in [6.45, 7) is 5.79. The van der Waals surface area contributed by atoms with Crippen LogP contribution in [0.4, 0.5) is 17.3 Å². The van der Waals surface area contributed by atoms with Crippen LogP contribution in [0.2, 0.25) is 0 Å². The first kappa shape index (κ1) is 24.3. The van der Waals surface area contributed by atoms with Crippen LogP contribution in [-0.4, -0.2) is 36.5 Å². The van der Waals surface area contributed by atoms with Crippen molar-refractivity contribution >= 4 is 35.0 Å². The van der Waals surface area contributed by atoms with Gasteiger partial charge >= 0.3 is 5.69 Å². The number of nitrogens with one attached hydrogen (secondary N) is 2. The van der Waals surface area contributed by atoms with Gasteiger partial charge in [-0.15, -0.1) is 5.10 Å². The Morgan fingerprint density at radius 3 is 2.80 bits per heavy atom. The number of phenols is 1. The average molecular weight is 495 g/mol. The number of unbranched alkanes of at least 4 members (excludes halogenated alkanes) is 1. The molecule has 0 spiro atoms. The number of fused-ring (bicyclic) bond motifs is 1. The number of aromatic nitrogens is 3. The second kappa shape index (κ2) is 10.2. The SMILES string of the molecule is CCCCSc1nc2n(n1)C(c1ccc(O)c([N+](=O)[O-])c1)C(C(=O)Nc1cccc(C)c1)=C(C)N2. The molecule has 3 aromatic rings.